The molecule has 0 aliphatic carbocycles. The van der Waals surface area contributed by atoms with Crippen molar-refractivity contribution in [1.29, 1.82) is 0 Å². The molecule has 4 rings (SSSR count). The minimum atomic E-state index is 0.0358. The first-order valence-corrected chi connectivity index (χ1v) is 9.52. The molecule has 0 aromatic rings. The molecule has 0 unspecified atom stereocenters. The van der Waals surface area contributed by atoms with Gasteiger partial charge in [0.25, 0.3) is 0 Å². The van der Waals surface area contributed by atoms with Crippen molar-refractivity contribution in [2.75, 3.05) is 46.4 Å². The zero-order valence-corrected chi connectivity index (χ0v) is 14.7. The molecule has 0 radical (unpaired) electrons. The second-order valence-electron chi connectivity index (χ2n) is 7.96. The lowest BCUT2D eigenvalue weighted by Crippen LogP contribution is -2.63. The van der Waals surface area contributed by atoms with E-state index in [2.05, 4.69) is 11.9 Å². The number of amides is 2. The predicted octanol–water partition coefficient (Wildman–Crippen LogP) is 0.567. The van der Waals surface area contributed by atoms with E-state index in [0.29, 0.717) is 12.3 Å². The summed E-state index contributed by atoms with van der Waals surface area (Å²) in [6, 6.07) is 0.257. The fourth-order valence-corrected chi connectivity index (χ4v) is 4.82. The van der Waals surface area contributed by atoms with E-state index in [0.717, 1.165) is 65.0 Å². The van der Waals surface area contributed by atoms with Gasteiger partial charge in [-0.05, 0) is 51.7 Å². The summed E-state index contributed by atoms with van der Waals surface area (Å²) < 4.78 is 5.99. The van der Waals surface area contributed by atoms with Crippen molar-refractivity contribution in [3.05, 3.63) is 0 Å². The monoisotopic (exact) mass is 335 g/mol. The van der Waals surface area contributed by atoms with Crippen LogP contribution in [0.15, 0.2) is 0 Å². The first kappa shape index (κ1) is 16.3. The van der Waals surface area contributed by atoms with Gasteiger partial charge in [-0.1, -0.05) is 0 Å². The summed E-state index contributed by atoms with van der Waals surface area (Å²) in [4.78, 5) is 31.0. The van der Waals surface area contributed by atoms with Crippen LogP contribution in [0.5, 0.6) is 0 Å². The minimum absolute atomic E-state index is 0.0358. The molecule has 6 heteroatoms. The van der Waals surface area contributed by atoms with Crippen LogP contribution >= 0.6 is 0 Å². The fraction of sp³-hybridized carbons (Fsp3) is 0.889. The van der Waals surface area contributed by atoms with Crippen molar-refractivity contribution in [1.82, 2.24) is 14.7 Å². The van der Waals surface area contributed by atoms with E-state index in [9.17, 15) is 9.59 Å². The number of carbonyl (C=O) groups is 2. The van der Waals surface area contributed by atoms with Gasteiger partial charge < -0.3 is 19.4 Å². The number of nitrogens with zero attached hydrogens (tertiary/aromatic N) is 3. The van der Waals surface area contributed by atoms with Gasteiger partial charge in [-0.2, -0.15) is 0 Å². The molecule has 4 aliphatic heterocycles. The molecule has 0 N–H and O–H groups in total. The molecule has 4 aliphatic rings. The molecular weight excluding hydrogens is 306 g/mol. The number of piperidine rings is 1. The molecule has 2 amide bonds. The van der Waals surface area contributed by atoms with Gasteiger partial charge in [0, 0.05) is 32.7 Å². The summed E-state index contributed by atoms with van der Waals surface area (Å²) in [5.74, 6) is 1.09. The summed E-state index contributed by atoms with van der Waals surface area (Å²) in [6.45, 7) is 5.25. The smallest absolute Gasteiger partial charge is 0.228 e. The van der Waals surface area contributed by atoms with Crippen LogP contribution in [-0.4, -0.2) is 85.0 Å². The van der Waals surface area contributed by atoms with Crippen LogP contribution in [0.4, 0.5) is 0 Å². The van der Waals surface area contributed by atoms with E-state index in [4.69, 9.17) is 4.74 Å². The van der Waals surface area contributed by atoms with Gasteiger partial charge in [0.05, 0.1) is 18.1 Å². The third-order valence-electron chi connectivity index (χ3n) is 6.41. The second kappa shape index (κ2) is 6.64. The molecule has 0 aromatic carbocycles. The quantitative estimate of drug-likeness (QED) is 0.757. The first-order valence-electron chi connectivity index (χ1n) is 9.52. The van der Waals surface area contributed by atoms with Gasteiger partial charge in [-0.25, -0.2) is 0 Å². The summed E-state index contributed by atoms with van der Waals surface area (Å²) in [7, 11) is 2.16. The number of hydrogen-bond acceptors (Lipinski definition) is 4. The van der Waals surface area contributed by atoms with Crippen molar-refractivity contribution < 1.29 is 14.3 Å². The van der Waals surface area contributed by atoms with Crippen molar-refractivity contribution in [3.8, 4) is 0 Å². The minimum Gasteiger partial charge on any atom is -0.377 e. The van der Waals surface area contributed by atoms with Crippen LogP contribution in [0.25, 0.3) is 0 Å². The lowest BCUT2D eigenvalue weighted by molar-refractivity contribution is -0.150. The van der Waals surface area contributed by atoms with Crippen LogP contribution in [0, 0.1) is 11.8 Å². The molecular formula is C18H29N3O3. The van der Waals surface area contributed by atoms with E-state index in [1.165, 1.54) is 0 Å². The van der Waals surface area contributed by atoms with Crippen LogP contribution in [0.1, 0.15) is 32.1 Å². The molecule has 4 saturated heterocycles. The molecule has 0 bridgehead atoms. The van der Waals surface area contributed by atoms with E-state index in [-0.39, 0.29) is 29.9 Å². The van der Waals surface area contributed by atoms with Crippen LogP contribution in [0.2, 0.25) is 0 Å². The van der Waals surface area contributed by atoms with Crippen LogP contribution < -0.4 is 0 Å². The first-order chi connectivity index (χ1) is 11.6. The molecule has 0 saturated carbocycles. The van der Waals surface area contributed by atoms with Crippen LogP contribution in [-0.2, 0) is 14.3 Å². The highest BCUT2D eigenvalue weighted by Crippen LogP contribution is 2.35. The highest BCUT2D eigenvalue weighted by Gasteiger charge is 2.45. The highest BCUT2D eigenvalue weighted by molar-refractivity contribution is 5.82. The summed E-state index contributed by atoms with van der Waals surface area (Å²) in [5.41, 5.74) is 0. The maximum atomic E-state index is 12.9. The number of carbonyl (C=O) groups excluding carboxylic acids is 2. The van der Waals surface area contributed by atoms with E-state index < -0.39 is 0 Å². The number of rotatable bonds is 3. The highest BCUT2D eigenvalue weighted by atomic mass is 16.5. The molecule has 6 nitrogen and oxygen atoms in total. The Bertz CT molecular complexity index is 498. The van der Waals surface area contributed by atoms with E-state index >= 15 is 0 Å². The number of likely N-dealkylation sites (tertiary alicyclic amines) is 3. The normalized spacial score (nSPS) is 33.3. The molecule has 0 aromatic heterocycles. The fourth-order valence-electron chi connectivity index (χ4n) is 4.82. The summed E-state index contributed by atoms with van der Waals surface area (Å²) in [5, 5.41) is 0. The van der Waals surface area contributed by atoms with E-state index in [1.54, 1.807) is 0 Å². The third kappa shape index (κ3) is 2.94. The molecule has 4 heterocycles. The maximum Gasteiger partial charge on any atom is 0.228 e. The molecule has 2 atom stereocenters. The van der Waals surface area contributed by atoms with Crippen molar-refractivity contribution in [2.45, 2.75) is 44.2 Å². The average molecular weight is 335 g/mol. The maximum absolute atomic E-state index is 12.9. The van der Waals surface area contributed by atoms with Gasteiger partial charge in [0.2, 0.25) is 11.8 Å². The molecule has 0 spiro atoms. The number of ether oxygens (including phenoxy) is 1. The van der Waals surface area contributed by atoms with Crippen molar-refractivity contribution >= 4 is 11.8 Å². The number of hydrogen-bond donors (Lipinski definition) is 0. The average Bonchev–Trinajstić information content (AvgIpc) is 3.16. The summed E-state index contributed by atoms with van der Waals surface area (Å²) in [6.07, 6.45) is 4.89. The molecule has 134 valence electrons. The van der Waals surface area contributed by atoms with Gasteiger partial charge >= 0.3 is 0 Å². The Balaban J connectivity index is 1.32. The zero-order valence-electron chi connectivity index (χ0n) is 14.7. The Morgan fingerprint density at radius 3 is 2.54 bits per heavy atom. The summed E-state index contributed by atoms with van der Waals surface area (Å²) >= 11 is 0. The SMILES string of the molecule is CN1CCC([C@@H]2OCC[C@H]2C(=O)N2CC(N3CCCC3=O)C2)CC1. The van der Waals surface area contributed by atoms with Crippen molar-refractivity contribution in [3.63, 3.8) is 0 Å². The Hall–Kier alpha value is -1.14. The topological polar surface area (TPSA) is 53.1 Å². The second-order valence-corrected chi connectivity index (χ2v) is 7.96. The zero-order chi connectivity index (χ0) is 16.7. The molecule has 4 fully saturated rings. The lowest BCUT2D eigenvalue weighted by Gasteiger charge is -2.45. The van der Waals surface area contributed by atoms with E-state index in [1.807, 2.05) is 9.80 Å². The third-order valence-corrected chi connectivity index (χ3v) is 6.41. The standard InChI is InChI=1S/C18H29N3O3/c1-19-8-4-13(5-9-19)17-15(6-10-24-17)18(23)20-11-14(12-20)21-7-2-3-16(21)22/h13-15,17H,2-12H2,1H3/t15-,17+/m1/s1. The Morgan fingerprint density at radius 1 is 1.12 bits per heavy atom. The Morgan fingerprint density at radius 2 is 1.88 bits per heavy atom. The molecule has 24 heavy (non-hydrogen) atoms. The largest absolute Gasteiger partial charge is 0.377 e. The van der Waals surface area contributed by atoms with Crippen LogP contribution in [0.3, 0.4) is 0 Å². The van der Waals surface area contributed by atoms with Gasteiger partial charge in [-0.15, -0.1) is 0 Å². The lowest BCUT2D eigenvalue weighted by atomic mass is 9.83. The van der Waals surface area contributed by atoms with Crippen molar-refractivity contribution in [2.24, 2.45) is 11.8 Å². The Kier molecular flexibility index (Phi) is 4.52. The Labute approximate surface area is 144 Å². The predicted molar refractivity (Wildman–Crippen MR) is 89.4 cm³/mol. The van der Waals surface area contributed by atoms with Gasteiger partial charge in [0.1, 0.15) is 0 Å². The van der Waals surface area contributed by atoms with Gasteiger partial charge in [0.15, 0.2) is 0 Å². The van der Waals surface area contributed by atoms with Gasteiger partial charge in [-0.3, -0.25) is 9.59 Å².